The minimum Gasteiger partial charge on any atom is -0.399 e. The van der Waals surface area contributed by atoms with E-state index in [0.717, 1.165) is 0 Å². The molecule has 0 atom stereocenters. The van der Waals surface area contributed by atoms with Crippen molar-refractivity contribution in [3.8, 4) is 0 Å². The van der Waals surface area contributed by atoms with Gasteiger partial charge in [0.05, 0.1) is 6.21 Å². The Morgan fingerprint density at radius 2 is 2.14 bits per heavy atom. The van der Waals surface area contributed by atoms with Gasteiger partial charge in [0.25, 0.3) is 0 Å². The fourth-order valence-corrected chi connectivity index (χ4v) is 0.948. The van der Waals surface area contributed by atoms with Gasteiger partial charge in [-0.25, -0.2) is 4.39 Å². The molecular formula is C10H10FNO2. The minimum absolute atomic E-state index is 0.120. The van der Waals surface area contributed by atoms with Crippen LogP contribution in [0.4, 0.5) is 4.39 Å². The van der Waals surface area contributed by atoms with Crippen molar-refractivity contribution < 1.29 is 14.0 Å². The van der Waals surface area contributed by atoms with Crippen molar-refractivity contribution in [2.45, 2.75) is 6.42 Å². The molecule has 0 bridgehead atoms. The van der Waals surface area contributed by atoms with Crippen molar-refractivity contribution in [3.63, 3.8) is 0 Å². The number of Topliss-reactive ketones (excluding diaryl/α,β-unsaturated/α-hetero) is 1. The van der Waals surface area contributed by atoms with Crippen LogP contribution in [0.1, 0.15) is 16.8 Å². The van der Waals surface area contributed by atoms with Crippen molar-refractivity contribution in [2.24, 2.45) is 5.16 Å². The quantitative estimate of drug-likeness (QED) is 0.419. The first-order valence-electron chi connectivity index (χ1n) is 4.08. The molecule has 0 heterocycles. The van der Waals surface area contributed by atoms with Gasteiger partial charge >= 0.3 is 0 Å². The molecule has 0 radical (unpaired) electrons. The van der Waals surface area contributed by atoms with Crippen molar-refractivity contribution in [1.82, 2.24) is 0 Å². The normalized spacial score (nSPS) is 10.4. The van der Waals surface area contributed by atoms with Gasteiger partial charge in [0, 0.05) is 12.0 Å². The van der Waals surface area contributed by atoms with Gasteiger partial charge in [-0.15, -0.1) is 0 Å². The van der Waals surface area contributed by atoms with Gasteiger partial charge in [-0.1, -0.05) is 5.16 Å². The highest BCUT2D eigenvalue weighted by Crippen LogP contribution is 2.04. The van der Waals surface area contributed by atoms with Crippen LogP contribution >= 0.6 is 0 Å². The first-order valence-corrected chi connectivity index (χ1v) is 4.08. The lowest BCUT2D eigenvalue weighted by Gasteiger charge is -1.96. The Bertz CT molecular complexity index is 332. The number of hydrogen-bond acceptors (Lipinski definition) is 3. The van der Waals surface area contributed by atoms with E-state index in [1.54, 1.807) is 0 Å². The standard InChI is InChI=1S/C10H10FNO2/c1-14-12-7-6-10(13)8-2-4-9(11)5-3-8/h2-5,7H,6H2,1H3/b12-7-. The van der Waals surface area contributed by atoms with Crippen LogP contribution in [-0.4, -0.2) is 19.1 Å². The largest absolute Gasteiger partial charge is 0.399 e. The van der Waals surface area contributed by atoms with E-state index in [-0.39, 0.29) is 18.0 Å². The SMILES string of the molecule is CO/N=C\CC(=O)c1ccc(F)cc1. The van der Waals surface area contributed by atoms with Gasteiger partial charge in [-0.2, -0.15) is 0 Å². The molecule has 0 aliphatic rings. The number of benzene rings is 1. The highest BCUT2D eigenvalue weighted by atomic mass is 19.1. The molecule has 1 rings (SSSR count). The van der Waals surface area contributed by atoms with E-state index >= 15 is 0 Å². The third-order valence-corrected chi connectivity index (χ3v) is 1.62. The predicted octanol–water partition coefficient (Wildman–Crippen LogP) is 2.03. The first kappa shape index (κ1) is 10.4. The molecule has 0 aliphatic heterocycles. The third kappa shape index (κ3) is 2.97. The Labute approximate surface area is 81.2 Å². The second kappa shape index (κ2) is 5.11. The zero-order valence-electron chi connectivity index (χ0n) is 7.74. The molecule has 14 heavy (non-hydrogen) atoms. The number of halogens is 1. The second-order valence-electron chi connectivity index (χ2n) is 2.60. The van der Waals surface area contributed by atoms with Crippen LogP contribution in [0.25, 0.3) is 0 Å². The maximum absolute atomic E-state index is 12.5. The fraction of sp³-hybridized carbons (Fsp3) is 0.200. The lowest BCUT2D eigenvalue weighted by molar-refractivity contribution is 0.1000. The molecule has 1 aromatic carbocycles. The highest BCUT2D eigenvalue weighted by molar-refractivity contribution is 6.03. The molecule has 0 aromatic heterocycles. The van der Waals surface area contributed by atoms with Crippen molar-refractivity contribution in [3.05, 3.63) is 35.6 Å². The molecule has 74 valence electrons. The summed E-state index contributed by atoms with van der Waals surface area (Å²) in [6.45, 7) is 0. The average Bonchev–Trinajstić information content (AvgIpc) is 2.19. The second-order valence-corrected chi connectivity index (χ2v) is 2.60. The van der Waals surface area contributed by atoms with E-state index in [1.807, 2.05) is 0 Å². The first-order chi connectivity index (χ1) is 6.74. The van der Waals surface area contributed by atoms with E-state index in [2.05, 4.69) is 9.99 Å². The summed E-state index contributed by atoms with van der Waals surface area (Å²) in [5.41, 5.74) is 0.467. The third-order valence-electron chi connectivity index (χ3n) is 1.62. The number of hydrogen-bond donors (Lipinski definition) is 0. The Morgan fingerprint density at radius 1 is 1.50 bits per heavy atom. The van der Waals surface area contributed by atoms with Crippen LogP contribution in [0.15, 0.2) is 29.4 Å². The number of oxime groups is 1. The van der Waals surface area contributed by atoms with Crippen LogP contribution in [0, 0.1) is 5.82 Å². The number of ketones is 1. The summed E-state index contributed by atoms with van der Waals surface area (Å²) in [6.07, 6.45) is 1.52. The Kier molecular flexibility index (Phi) is 3.79. The maximum Gasteiger partial charge on any atom is 0.168 e. The monoisotopic (exact) mass is 195 g/mol. The summed E-state index contributed by atoms with van der Waals surface area (Å²) in [5.74, 6) is -0.474. The van der Waals surface area contributed by atoms with Crippen LogP contribution in [0.3, 0.4) is 0 Å². The molecule has 0 saturated carbocycles. The summed E-state index contributed by atoms with van der Waals surface area (Å²) in [4.78, 5) is 15.8. The number of nitrogens with zero attached hydrogens (tertiary/aromatic N) is 1. The van der Waals surface area contributed by atoms with Crippen LogP contribution in [0.2, 0.25) is 0 Å². The van der Waals surface area contributed by atoms with Gasteiger partial charge in [-0.05, 0) is 24.3 Å². The topological polar surface area (TPSA) is 38.7 Å². The van der Waals surface area contributed by atoms with Crippen LogP contribution in [-0.2, 0) is 4.84 Å². The minimum atomic E-state index is -0.355. The Morgan fingerprint density at radius 3 is 2.71 bits per heavy atom. The van der Waals surface area contributed by atoms with Crippen molar-refractivity contribution in [2.75, 3.05) is 7.11 Å². The molecule has 1 aromatic rings. The molecule has 0 amide bonds. The fourth-order valence-electron chi connectivity index (χ4n) is 0.948. The average molecular weight is 195 g/mol. The van der Waals surface area contributed by atoms with E-state index in [9.17, 15) is 9.18 Å². The maximum atomic E-state index is 12.5. The molecule has 0 N–H and O–H groups in total. The summed E-state index contributed by atoms with van der Waals surface area (Å²) < 4.78 is 12.5. The van der Waals surface area contributed by atoms with E-state index in [0.29, 0.717) is 5.56 Å². The Hall–Kier alpha value is -1.71. The van der Waals surface area contributed by atoms with E-state index < -0.39 is 0 Å². The molecular weight excluding hydrogens is 185 g/mol. The number of carbonyl (C=O) groups is 1. The molecule has 0 unspecified atom stereocenters. The van der Waals surface area contributed by atoms with E-state index in [4.69, 9.17) is 0 Å². The molecule has 3 nitrogen and oxygen atoms in total. The molecule has 4 heteroatoms. The zero-order valence-corrected chi connectivity index (χ0v) is 7.74. The van der Waals surface area contributed by atoms with Crippen molar-refractivity contribution in [1.29, 1.82) is 0 Å². The summed E-state index contributed by atoms with van der Waals surface area (Å²) in [7, 11) is 1.40. The lowest BCUT2D eigenvalue weighted by atomic mass is 10.1. The van der Waals surface area contributed by atoms with Gasteiger partial charge < -0.3 is 4.84 Å². The van der Waals surface area contributed by atoms with Gasteiger partial charge in [0.1, 0.15) is 12.9 Å². The predicted molar refractivity (Wildman–Crippen MR) is 50.8 cm³/mol. The Balaban J connectivity index is 2.61. The lowest BCUT2D eigenvalue weighted by Crippen LogP contribution is -1.99. The molecule has 0 saturated heterocycles. The summed E-state index contributed by atoms with van der Waals surface area (Å²) in [5, 5.41) is 3.43. The summed E-state index contributed by atoms with van der Waals surface area (Å²) in [6, 6.07) is 5.39. The highest BCUT2D eigenvalue weighted by Gasteiger charge is 2.03. The van der Waals surface area contributed by atoms with Crippen LogP contribution < -0.4 is 0 Å². The van der Waals surface area contributed by atoms with E-state index in [1.165, 1.54) is 37.6 Å². The molecule has 0 aliphatic carbocycles. The summed E-state index contributed by atoms with van der Waals surface area (Å²) >= 11 is 0. The van der Waals surface area contributed by atoms with Crippen LogP contribution in [0.5, 0.6) is 0 Å². The smallest absolute Gasteiger partial charge is 0.168 e. The molecule has 0 spiro atoms. The van der Waals surface area contributed by atoms with Gasteiger partial charge in [0.2, 0.25) is 0 Å². The van der Waals surface area contributed by atoms with Gasteiger partial charge in [0.15, 0.2) is 5.78 Å². The van der Waals surface area contributed by atoms with Gasteiger partial charge in [-0.3, -0.25) is 4.79 Å². The molecule has 0 fully saturated rings. The number of carbonyl (C=O) groups excluding carboxylic acids is 1. The zero-order chi connectivity index (χ0) is 10.4. The number of rotatable bonds is 4. The van der Waals surface area contributed by atoms with Crippen molar-refractivity contribution >= 4 is 12.0 Å².